The average molecular weight is 492 g/mol. The van der Waals surface area contributed by atoms with Crippen molar-refractivity contribution in [3.8, 4) is 10.4 Å². The van der Waals surface area contributed by atoms with Crippen LogP contribution in [0.5, 0.6) is 0 Å². The number of rotatable bonds is 8. The van der Waals surface area contributed by atoms with Crippen LogP contribution in [0, 0.1) is 0 Å². The minimum atomic E-state index is -4.10. The zero-order chi connectivity index (χ0) is 23.1. The highest BCUT2D eigenvalue weighted by Gasteiger charge is 2.63. The molecule has 2 atom stereocenters. The lowest BCUT2D eigenvalue weighted by Crippen LogP contribution is -2.44. The first kappa shape index (κ1) is 22.5. The molecule has 1 saturated carbocycles. The number of carboxylic acid groups (broad SMARTS) is 2. The van der Waals surface area contributed by atoms with Crippen LogP contribution in [0.1, 0.15) is 23.5 Å². The quantitative estimate of drug-likeness (QED) is 0.438. The van der Waals surface area contributed by atoms with Crippen molar-refractivity contribution in [2.45, 2.75) is 28.5 Å². The summed E-state index contributed by atoms with van der Waals surface area (Å²) in [6.07, 6.45) is -0.122. The topological polar surface area (TPSA) is 121 Å². The third kappa shape index (κ3) is 4.42. The van der Waals surface area contributed by atoms with Crippen LogP contribution in [-0.2, 0) is 26.0 Å². The summed E-state index contributed by atoms with van der Waals surface area (Å²) in [6, 6.07) is 16.6. The van der Waals surface area contributed by atoms with Crippen molar-refractivity contribution in [2.75, 3.05) is 0 Å². The zero-order valence-electron chi connectivity index (χ0n) is 16.5. The maximum atomic E-state index is 13.0. The van der Waals surface area contributed by atoms with Crippen molar-refractivity contribution in [1.29, 1.82) is 0 Å². The Morgan fingerprint density at radius 3 is 2.47 bits per heavy atom. The Kier molecular flexibility index (Phi) is 5.85. The first-order valence-electron chi connectivity index (χ1n) is 9.54. The fourth-order valence-electron chi connectivity index (χ4n) is 3.68. The van der Waals surface area contributed by atoms with E-state index in [0.29, 0.717) is 21.0 Å². The fraction of sp³-hybridized carbons (Fsp3) is 0.182. The molecule has 1 fully saturated rings. The minimum Gasteiger partial charge on any atom is -0.481 e. The number of sulfonamides is 1. The normalized spacial score (nSPS) is 20.1. The van der Waals surface area contributed by atoms with Gasteiger partial charge in [-0.1, -0.05) is 48.0 Å². The molecule has 0 spiro atoms. The van der Waals surface area contributed by atoms with Gasteiger partial charge in [-0.15, -0.1) is 11.3 Å². The molecule has 32 heavy (non-hydrogen) atoms. The van der Waals surface area contributed by atoms with E-state index in [4.69, 9.17) is 16.7 Å². The van der Waals surface area contributed by atoms with Crippen LogP contribution in [0.4, 0.5) is 0 Å². The minimum absolute atomic E-state index is 0.00773. The molecule has 0 aliphatic heterocycles. The molecule has 0 bridgehead atoms. The number of carbonyl (C=O) groups is 2. The molecule has 3 aromatic rings. The number of hydrogen-bond donors (Lipinski definition) is 3. The highest BCUT2D eigenvalue weighted by molar-refractivity contribution is 7.91. The Balaban J connectivity index is 1.58. The molecule has 1 aliphatic carbocycles. The molecule has 1 aliphatic rings. The number of benzene rings is 2. The summed E-state index contributed by atoms with van der Waals surface area (Å²) >= 11 is 6.93. The van der Waals surface area contributed by atoms with Gasteiger partial charge in [0.2, 0.25) is 0 Å². The number of aliphatic carboxylic acids is 2. The molecular weight excluding hydrogens is 474 g/mol. The van der Waals surface area contributed by atoms with Crippen LogP contribution in [0.2, 0.25) is 5.02 Å². The summed E-state index contributed by atoms with van der Waals surface area (Å²) in [5.74, 6) is -2.87. The third-order valence-electron chi connectivity index (χ3n) is 5.34. The lowest BCUT2D eigenvalue weighted by molar-refractivity contribution is -0.140. The molecule has 7 nitrogen and oxygen atoms in total. The molecule has 4 rings (SSSR count). The lowest BCUT2D eigenvalue weighted by Gasteiger charge is -2.15. The van der Waals surface area contributed by atoms with Crippen LogP contribution >= 0.6 is 22.9 Å². The number of thiophene rings is 1. The Hall–Kier alpha value is -2.72. The predicted octanol–water partition coefficient (Wildman–Crippen LogP) is 3.98. The standard InChI is InChI=1S/C22H18ClNO6S2/c23-16-6-4-14(5-7-16)18-8-9-20(31-18)32(29,30)24-22(21(27)28)12-17(22)15-3-1-2-13(10-15)11-19(25)26/h1-10,17,24H,11-12H2,(H,25,26)(H,27,28)/t17-,22+/m0/s1. The Bertz CT molecular complexity index is 1300. The SMILES string of the molecule is O=C(O)Cc1cccc([C@@H]2C[C@]2(NS(=O)(=O)c2ccc(-c3ccc(Cl)cc3)s2)C(=O)O)c1. The molecule has 1 heterocycles. The number of carboxylic acids is 2. The molecule has 1 aromatic heterocycles. The van der Waals surface area contributed by atoms with Crippen molar-refractivity contribution in [1.82, 2.24) is 4.72 Å². The van der Waals surface area contributed by atoms with E-state index in [1.807, 2.05) is 0 Å². The van der Waals surface area contributed by atoms with E-state index in [2.05, 4.69) is 4.72 Å². The van der Waals surface area contributed by atoms with E-state index in [-0.39, 0.29) is 17.1 Å². The first-order chi connectivity index (χ1) is 15.1. The van der Waals surface area contributed by atoms with Gasteiger partial charge in [-0.25, -0.2) is 8.42 Å². The van der Waals surface area contributed by atoms with Gasteiger partial charge < -0.3 is 10.2 Å². The Morgan fingerprint density at radius 1 is 1.09 bits per heavy atom. The van der Waals surface area contributed by atoms with Crippen molar-refractivity contribution in [3.05, 3.63) is 76.8 Å². The highest BCUT2D eigenvalue weighted by atomic mass is 35.5. The molecular formula is C22H18ClNO6S2. The molecule has 2 aromatic carbocycles. The molecule has 10 heteroatoms. The van der Waals surface area contributed by atoms with E-state index in [1.165, 1.54) is 6.07 Å². The van der Waals surface area contributed by atoms with Gasteiger partial charge in [-0.05, 0) is 47.4 Å². The van der Waals surface area contributed by atoms with Crippen LogP contribution < -0.4 is 4.72 Å². The van der Waals surface area contributed by atoms with E-state index >= 15 is 0 Å². The van der Waals surface area contributed by atoms with Crippen LogP contribution in [0.3, 0.4) is 0 Å². The largest absolute Gasteiger partial charge is 0.481 e. The molecule has 0 unspecified atom stereocenters. The van der Waals surface area contributed by atoms with Crippen molar-refractivity contribution >= 4 is 44.9 Å². The first-order valence-corrected chi connectivity index (χ1v) is 12.2. The maximum Gasteiger partial charge on any atom is 0.325 e. The van der Waals surface area contributed by atoms with Gasteiger partial charge in [-0.3, -0.25) is 9.59 Å². The zero-order valence-corrected chi connectivity index (χ0v) is 18.9. The summed E-state index contributed by atoms with van der Waals surface area (Å²) < 4.78 is 28.4. The summed E-state index contributed by atoms with van der Waals surface area (Å²) in [7, 11) is -4.10. The van der Waals surface area contributed by atoms with Crippen LogP contribution in [-0.4, -0.2) is 36.1 Å². The van der Waals surface area contributed by atoms with Crippen LogP contribution in [0.15, 0.2) is 64.9 Å². The van der Waals surface area contributed by atoms with Gasteiger partial charge in [-0.2, -0.15) is 4.72 Å². The Morgan fingerprint density at radius 2 is 1.81 bits per heavy atom. The van der Waals surface area contributed by atoms with Gasteiger partial charge in [0.25, 0.3) is 10.0 Å². The van der Waals surface area contributed by atoms with Gasteiger partial charge in [0.1, 0.15) is 9.75 Å². The molecule has 3 N–H and O–H groups in total. The Labute approximate surface area is 193 Å². The van der Waals surface area contributed by atoms with Gasteiger partial charge in [0.15, 0.2) is 0 Å². The van der Waals surface area contributed by atoms with Crippen LogP contribution in [0.25, 0.3) is 10.4 Å². The maximum absolute atomic E-state index is 13.0. The summed E-state index contributed by atoms with van der Waals surface area (Å²) in [6.45, 7) is 0. The summed E-state index contributed by atoms with van der Waals surface area (Å²) in [4.78, 5) is 23.8. The molecule has 0 radical (unpaired) electrons. The van der Waals surface area contributed by atoms with Crippen molar-refractivity contribution < 1.29 is 28.2 Å². The lowest BCUT2D eigenvalue weighted by atomic mass is 10.0. The number of hydrogen-bond acceptors (Lipinski definition) is 5. The predicted molar refractivity (Wildman–Crippen MR) is 121 cm³/mol. The summed E-state index contributed by atoms with van der Waals surface area (Å²) in [5, 5.41) is 19.4. The average Bonchev–Trinajstić information content (AvgIpc) is 3.22. The van der Waals surface area contributed by atoms with Crippen molar-refractivity contribution in [2.24, 2.45) is 0 Å². The van der Waals surface area contributed by atoms with E-state index in [0.717, 1.165) is 16.9 Å². The highest BCUT2D eigenvalue weighted by Crippen LogP contribution is 2.52. The molecule has 0 amide bonds. The van der Waals surface area contributed by atoms with Gasteiger partial charge >= 0.3 is 11.9 Å². The monoisotopic (exact) mass is 491 g/mol. The third-order valence-corrected chi connectivity index (χ3v) is 8.73. The van der Waals surface area contributed by atoms with E-state index in [1.54, 1.807) is 54.6 Å². The summed E-state index contributed by atoms with van der Waals surface area (Å²) in [5.41, 5.74) is 0.232. The second-order valence-electron chi connectivity index (χ2n) is 7.58. The van der Waals surface area contributed by atoms with Gasteiger partial charge in [0, 0.05) is 15.8 Å². The second-order valence-corrected chi connectivity index (χ2v) is 11.0. The molecule has 0 saturated heterocycles. The number of nitrogens with one attached hydrogen (secondary N) is 1. The second kappa shape index (κ2) is 8.32. The van der Waals surface area contributed by atoms with Gasteiger partial charge in [0.05, 0.1) is 6.42 Å². The van der Waals surface area contributed by atoms with E-state index in [9.17, 15) is 23.1 Å². The van der Waals surface area contributed by atoms with Crippen molar-refractivity contribution in [3.63, 3.8) is 0 Å². The smallest absolute Gasteiger partial charge is 0.325 e. The fourth-order valence-corrected chi connectivity index (χ4v) is 6.52. The molecule has 166 valence electrons. The van der Waals surface area contributed by atoms with E-state index < -0.39 is 33.4 Å². The number of halogens is 1.